The van der Waals surface area contributed by atoms with Gasteiger partial charge >= 0.3 is 0 Å². The number of nitrogens with zero attached hydrogens (tertiary/aromatic N) is 1. The summed E-state index contributed by atoms with van der Waals surface area (Å²) < 4.78 is 1.16. The van der Waals surface area contributed by atoms with Crippen LogP contribution >= 0.6 is 11.3 Å². The van der Waals surface area contributed by atoms with Crippen LogP contribution in [0.2, 0.25) is 0 Å². The SMILES string of the molecule is c1ccc(Nc2nc3c(Nc4ccccc4)cccc3s2)cc1. The van der Waals surface area contributed by atoms with Crippen LogP contribution < -0.4 is 10.6 Å². The first-order valence-electron chi connectivity index (χ1n) is 7.42. The van der Waals surface area contributed by atoms with Crippen LogP contribution in [0, 0.1) is 0 Å². The van der Waals surface area contributed by atoms with Crippen molar-refractivity contribution in [1.82, 2.24) is 4.98 Å². The molecule has 3 nitrogen and oxygen atoms in total. The molecule has 4 aromatic rings. The third-order valence-corrected chi connectivity index (χ3v) is 4.43. The Morgan fingerprint density at radius 1 is 0.652 bits per heavy atom. The van der Waals surface area contributed by atoms with Crippen molar-refractivity contribution in [1.29, 1.82) is 0 Å². The fourth-order valence-electron chi connectivity index (χ4n) is 2.42. The summed E-state index contributed by atoms with van der Waals surface area (Å²) in [6.45, 7) is 0. The number of nitrogens with one attached hydrogen (secondary N) is 2. The molecular weight excluding hydrogens is 302 g/mol. The minimum Gasteiger partial charge on any atom is -0.354 e. The molecule has 4 heteroatoms. The first-order chi connectivity index (χ1) is 11.4. The lowest BCUT2D eigenvalue weighted by Crippen LogP contribution is -1.91. The zero-order valence-electron chi connectivity index (χ0n) is 12.4. The molecule has 112 valence electrons. The van der Waals surface area contributed by atoms with Gasteiger partial charge in [0.2, 0.25) is 0 Å². The predicted octanol–water partition coefficient (Wildman–Crippen LogP) is 5.78. The Balaban J connectivity index is 1.67. The summed E-state index contributed by atoms with van der Waals surface area (Å²) in [5, 5.41) is 7.70. The monoisotopic (exact) mass is 317 g/mol. The largest absolute Gasteiger partial charge is 0.354 e. The minimum atomic E-state index is 0.897. The van der Waals surface area contributed by atoms with Gasteiger partial charge in [-0.15, -0.1) is 0 Å². The van der Waals surface area contributed by atoms with Crippen LogP contribution in [0.3, 0.4) is 0 Å². The lowest BCUT2D eigenvalue weighted by atomic mass is 10.2. The molecule has 0 saturated heterocycles. The summed E-state index contributed by atoms with van der Waals surface area (Å²) in [6, 6.07) is 26.5. The van der Waals surface area contributed by atoms with E-state index in [-0.39, 0.29) is 0 Å². The van der Waals surface area contributed by atoms with Gasteiger partial charge < -0.3 is 10.6 Å². The molecule has 1 aromatic heterocycles. The molecule has 3 aromatic carbocycles. The molecule has 0 saturated carbocycles. The van der Waals surface area contributed by atoms with Gasteiger partial charge in [-0.25, -0.2) is 4.98 Å². The van der Waals surface area contributed by atoms with Gasteiger partial charge in [-0.05, 0) is 36.4 Å². The molecule has 0 aliphatic rings. The molecule has 0 amide bonds. The minimum absolute atomic E-state index is 0.897. The molecular formula is C19H15N3S. The number of thiazole rings is 1. The Morgan fingerprint density at radius 3 is 2.00 bits per heavy atom. The second-order valence-corrected chi connectivity index (χ2v) is 6.18. The number of hydrogen-bond acceptors (Lipinski definition) is 4. The molecule has 23 heavy (non-hydrogen) atoms. The quantitative estimate of drug-likeness (QED) is 0.500. The standard InChI is InChI=1S/C19H15N3S/c1-3-8-14(9-4-1)20-16-12-7-13-17-18(16)22-19(23-17)21-15-10-5-2-6-11-15/h1-13,20H,(H,21,22). The van der Waals surface area contributed by atoms with Crippen molar-refractivity contribution >= 4 is 43.7 Å². The summed E-state index contributed by atoms with van der Waals surface area (Å²) in [4.78, 5) is 4.75. The molecule has 0 atom stereocenters. The molecule has 0 aliphatic heterocycles. The summed E-state index contributed by atoms with van der Waals surface area (Å²) in [5.41, 5.74) is 4.11. The maximum Gasteiger partial charge on any atom is 0.188 e. The third-order valence-electron chi connectivity index (χ3n) is 3.50. The Labute approximate surface area is 138 Å². The lowest BCUT2D eigenvalue weighted by Gasteiger charge is -2.06. The Bertz CT molecular complexity index is 917. The van der Waals surface area contributed by atoms with E-state index in [1.165, 1.54) is 0 Å². The smallest absolute Gasteiger partial charge is 0.188 e. The molecule has 1 heterocycles. The Hall–Kier alpha value is -2.85. The zero-order chi connectivity index (χ0) is 15.5. The molecule has 4 rings (SSSR count). The van der Waals surface area contributed by atoms with Gasteiger partial charge in [0.05, 0.1) is 10.4 Å². The normalized spacial score (nSPS) is 10.6. The highest BCUT2D eigenvalue weighted by atomic mass is 32.1. The fraction of sp³-hybridized carbons (Fsp3) is 0. The van der Waals surface area contributed by atoms with E-state index >= 15 is 0 Å². The predicted molar refractivity (Wildman–Crippen MR) is 99.1 cm³/mol. The molecule has 0 spiro atoms. The Morgan fingerprint density at radius 2 is 1.30 bits per heavy atom. The van der Waals surface area contributed by atoms with E-state index in [1.807, 2.05) is 60.7 Å². The van der Waals surface area contributed by atoms with E-state index < -0.39 is 0 Å². The molecule has 0 fully saturated rings. The van der Waals surface area contributed by atoms with Crippen LogP contribution in [-0.4, -0.2) is 4.98 Å². The van der Waals surface area contributed by atoms with E-state index in [9.17, 15) is 0 Å². The van der Waals surface area contributed by atoms with Crippen molar-refractivity contribution < 1.29 is 0 Å². The number of hydrogen-bond donors (Lipinski definition) is 2. The van der Waals surface area contributed by atoms with Crippen molar-refractivity contribution in [2.24, 2.45) is 0 Å². The number of fused-ring (bicyclic) bond motifs is 1. The van der Waals surface area contributed by atoms with Crippen molar-refractivity contribution in [2.75, 3.05) is 10.6 Å². The summed E-state index contributed by atoms with van der Waals surface area (Å²) in [5.74, 6) is 0. The highest BCUT2D eigenvalue weighted by Gasteiger charge is 2.08. The average molecular weight is 317 g/mol. The van der Waals surface area contributed by atoms with Crippen molar-refractivity contribution in [3.63, 3.8) is 0 Å². The topological polar surface area (TPSA) is 37.0 Å². The number of anilines is 4. The van der Waals surface area contributed by atoms with Crippen molar-refractivity contribution in [2.45, 2.75) is 0 Å². The fourth-order valence-corrected chi connectivity index (χ4v) is 3.34. The van der Waals surface area contributed by atoms with Crippen LogP contribution in [0.15, 0.2) is 78.9 Å². The molecule has 0 aliphatic carbocycles. The van der Waals surface area contributed by atoms with E-state index in [4.69, 9.17) is 4.98 Å². The molecule has 2 N–H and O–H groups in total. The van der Waals surface area contributed by atoms with E-state index in [0.29, 0.717) is 0 Å². The van der Waals surface area contributed by atoms with E-state index in [1.54, 1.807) is 11.3 Å². The van der Waals surface area contributed by atoms with Gasteiger partial charge in [-0.1, -0.05) is 53.8 Å². The maximum absolute atomic E-state index is 4.75. The highest BCUT2D eigenvalue weighted by Crippen LogP contribution is 2.33. The van der Waals surface area contributed by atoms with Gasteiger partial charge in [0.15, 0.2) is 5.13 Å². The summed E-state index contributed by atoms with van der Waals surface area (Å²) in [7, 11) is 0. The van der Waals surface area contributed by atoms with E-state index in [0.717, 1.165) is 32.4 Å². The average Bonchev–Trinajstić information content (AvgIpc) is 3.00. The third kappa shape index (κ3) is 3.03. The molecule has 0 bridgehead atoms. The van der Waals surface area contributed by atoms with Crippen LogP contribution in [0.1, 0.15) is 0 Å². The number of para-hydroxylation sites is 3. The number of aromatic nitrogens is 1. The number of benzene rings is 3. The second kappa shape index (κ2) is 6.10. The highest BCUT2D eigenvalue weighted by molar-refractivity contribution is 7.22. The summed E-state index contributed by atoms with van der Waals surface area (Å²) >= 11 is 1.65. The molecule has 0 radical (unpaired) electrons. The van der Waals surface area contributed by atoms with Gasteiger partial charge in [0.1, 0.15) is 5.52 Å². The first kappa shape index (κ1) is 13.8. The summed E-state index contributed by atoms with van der Waals surface area (Å²) in [6.07, 6.45) is 0. The van der Waals surface area contributed by atoms with Gasteiger partial charge in [-0.2, -0.15) is 0 Å². The molecule has 0 unspecified atom stereocenters. The first-order valence-corrected chi connectivity index (χ1v) is 8.24. The zero-order valence-corrected chi connectivity index (χ0v) is 13.2. The van der Waals surface area contributed by atoms with Gasteiger partial charge in [0.25, 0.3) is 0 Å². The van der Waals surface area contributed by atoms with Crippen LogP contribution in [0.25, 0.3) is 10.2 Å². The lowest BCUT2D eigenvalue weighted by molar-refractivity contribution is 1.43. The van der Waals surface area contributed by atoms with E-state index in [2.05, 4.69) is 28.8 Å². The van der Waals surface area contributed by atoms with Gasteiger partial charge in [-0.3, -0.25) is 0 Å². The van der Waals surface area contributed by atoms with Crippen molar-refractivity contribution in [3.8, 4) is 0 Å². The van der Waals surface area contributed by atoms with Gasteiger partial charge in [0, 0.05) is 11.4 Å². The van der Waals surface area contributed by atoms with Crippen LogP contribution in [0.5, 0.6) is 0 Å². The van der Waals surface area contributed by atoms with Crippen LogP contribution in [-0.2, 0) is 0 Å². The van der Waals surface area contributed by atoms with Crippen molar-refractivity contribution in [3.05, 3.63) is 78.9 Å². The maximum atomic E-state index is 4.75. The Kier molecular flexibility index (Phi) is 3.66. The second-order valence-electron chi connectivity index (χ2n) is 5.15. The van der Waals surface area contributed by atoms with Crippen LogP contribution in [0.4, 0.5) is 22.2 Å². The number of rotatable bonds is 4.